The molecule has 0 bridgehead atoms. The van der Waals surface area contributed by atoms with Crippen LogP contribution >= 0.6 is 0 Å². The lowest BCUT2D eigenvalue weighted by Gasteiger charge is -2.20. The van der Waals surface area contributed by atoms with Gasteiger partial charge in [-0.3, -0.25) is 4.79 Å². The van der Waals surface area contributed by atoms with Gasteiger partial charge in [-0.05, 0) is 41.5 Å². The third kappa shape index (κ3) is 5.20. The van der Waals surface area contributed by atoms with E-state index in [1.807, 2.05) is 72.4 Å². The Morgan fingerprint density at radius 2 is 1.74 bits per heavy atom. The lowest BCUT2D eigenvalue weighted by molar-refractivity contribution is 0.0940. The minimum absolute atomic E-state index is 0.253. The lowest BCUT2D eigenvalue weighted by atomic mass is 10.0. The zero-order valence-corrected chi connectivity index (χ0v) is 19.4. The maximum absolute atomic E-state index is 13.2. The molecule has 4 aromatic rings. The summed E-state index contributed by atoms with van der Waals surface area (Å²) in [5, 5.41) is 3.10. The van der Waals surface area contributed by atoms with E-state index in [0.29, 0.717) is 29.5 Å². The Morgan fingerprint density at radius 1 is 0.971 bits per heavy atom. The molecular weight excluding hydrogens is 430 g/mol. The number of methoxy groups -OCH3 is 2. The second-order valence-corrected chi connectivity index (χ2v) is 7.72. The van der Waals surface area contributed by atoms with Crippen molar-refractivity contribution in [3.05, 3.63) is 108 Å². The van der Waals surface area contributed by atoms with Gasteiger partial charge in [-0.1, -0.05) is 42.5 Å². The minimum atomic E-state index is -0.446. The number of imidazole rings is 1. The molecule has 0 spiro atoms. The zero-order chi connectivity index (χ0) is 23.9. The van der Waals surface area contributed by atoms with Crippen LogP contribution in [0, 0.1) is 0 Å². The van der Waals surface area contributed by atoms with Crippen LogP contribution in [0.2, 0.25) is 0 Å². The number of amides is 1. The van der Waals surface area contributed by atoms with Crippen molar-refractivity contribution in [3.8, 4) is 17.2 Å². The molecule has 0 aliphatic heterocycles. The molecule has 1 unspecified atom stereocenters. The van der Waals surface area contributed by atoms with Crippen LogP contribution in [0.4, 0.5) is 0 Å². The molecule has 4 rings (SSSR count). The first-order valence-electron chi connectivity index (χ1n) is 10.9. The predicted molar refractivity (Wildman–Crippen MR) is 129 cm³/mol. The molecular formula is C27H27N3O4. The summed E-state index contributed by atoms with van der Waals surface area (Å²) >= 11 is 0. The Labute approximate surface area is 198 Å². The van der Waals surface area contributed by atoms with Gasteiger partial charge in [0.2, 0.25) is 0 Å². The number of nitrogens with one attached hydrogen (secondary N) is 1. The molecule has 0 saturated carbocycles. The first-order valence-corrected chi connectivity index (χ1v) is 10.9. The van der Waals surface area contributed by atoms with E-state index in [4.69, 9.17) is 14.2 Å². The highest BCUT2D eigenvalue weighted by atomic mass is 16.5. The van der Waals surface area contributed by atoms with Crippen LogP contribution in [0.15, 0.2) is 85.2 Å². The molecule has 174 valence electrons. The van der Waals surface area contributed by atoms with Crippen molar-refractivity contribution >= 4 is 5.91 Å². The highest BCUT2D eigenvalue weighted by Gasteiger charge is 2.22. The van der Waals surface area contributed by atoms with E-state index in [-0.39, 0.29) is 5.91 Å². The van der Waals surface area contributed by atoms with Crippen molar-refractivity contribution in [3.63, 3.8) is 0 Å². The summed E-state index contributed by atoms with van der Waals surface area (Å²) < 4.78 is 18.6. The summed E-state index contributed by atoms with van der Waals surface area (Å²) in [5.74, 6) is 2.26. The van der Waals surface area contributed by atoms with Gasteiger partial charge in [0.15, 0.2) is 11.5 Å². The van der Waals surface area contributed by atoms with E-state index in [2.05, 4.69) is 10.3 Å². The number of aromatic nitrogens is 2. The van der Waals surface area contributed by atoms with Gasteiger partial charge in [0, 0.05) is 25.0 Å². The topological polar surface area (TPSA) is 74.6 Å². The molecule has 1 aromatic heterocycles. The molecule has 7 nitrogen and oxygen atoms in total. The molecule has 1 heterocycles. The molecule has 0 fully saturated rings. The van der Waals surface area contributed by atoms with Crippen molar-refractivity contribution in [2.45, 2.75) is 12.6 Å². The van der Waals surface area contributed by atoms with E-state index in [1.165, 1.54) is 0 Å². The molecule has 0 radical (unpaired) electrons. The third-order valence-corrected chi connectivity index (χ3v) is 5.50. The van der Waals surface area contributed by atoms with Crippen LogP contribution in [-0.2, 0) is 13.7 Å². The summed E-state index contributed by atoms with van der Waals surface area (Å²) in [4.78, 5) is 17.7. The SMILES string of the molecule is COc1ccc(C(NC(=O)c2ccc(OCc3ccccc3)c(OC)c2)c2nccn2C)cc1. The number of ether oxygens (including phenoxy) is 3. The second-order valence-electron chi connectivity index (χ2n) is 7.72. The number of aryl methyl sites for hydroxylation is 1. The number of nitrogens with zero attached hydrogens (tertiary/aromatic N) is 2. The molecule has 1 N–H and O–H groups in total. The normalized spacial score (nSPS) is 11.5. The summed E-state index contributed by atoms with van der Waals surface area (Å²) in [5.41, 5.74) is 2.39. The number of hydrogen-bond donors (Lipinski definition) is 1. The summed E-state index contributed by atoms with van der Waals surface area (Å²) in [6, 6.07) is 22.1. The van der Waals surface area contributed by atoms with Crippen molar-refractivity contribution in [1.82, 2.24) is 14.9 Å². The summed E-state index contributed by atoms with van der Waals surface area (Å²) in [6.07, 6.45) is 3.56. The molecule has 34 heavy (non-hydrogen) atoms. The quantitative estimate of drug-likeness (QED) is 0.400. The molecule has 0 saturated heterocycles. The second kappa shape index (κ2) is 10.6. The standard InChI is InChI=1S/C27H27N3O4/c1-30-16-15-28-26(30)25(20-9-12-22(32-2)13-10-20)29-27(31)21-11-14-23(24(17-21)33-3)34-18-19-7-5-4-6-8-19/h4-17,25H,18H2,1-3H3,(H,29,31). The van der Waals surface area contributed by atoms with Crippen molar-refractivity contribution < 1.29 is 19.0 Å². The van der Waals surface area contributed by atoms with Gasteiger partial charge in [-0.15, -0.1) is 0 Å². The van der Waals surface area contributed by atoms with Crippen LogP contribution in [0.1, 0.15) is 33.4 Å². The number of carbonyl (C=O) groups excluding carboxylic acids is 1. The zero-order valence-electron chi connectivity index (χ0n) is 19.4. The van der Waals surface area contributed by atoms with E-state index >= 15 is 0 Å². The van der Waals surface area contributed by atoms with Crippen LogP contribution in [0.3, 0.4) is 0 Å². The molecule has 3 aromatic carbocycles. The first-order chi connectivity index (χ1) is 16.6. The molecule has 0 aliphatic carbocycles. The fourth-order valence-corrected chi connectivity index (χ4v) is 3.63. The van der Waals surface area contributed by atoms with Crippen LogP contribution in [0.25, 0.3) is 0 Å². The van der Waals surface area contributed by atoms with Crippen molar-refractivity contribution in [2.24, 2.45) is 7.05 Å². The Morgan fingerprint density at radius 3 is 2.38 bits per heavy atom. The molecule has 1 atom stereocenters. The molecule has 7 heteroatoms. The van der Waals surface area contributed by atoms with Gasteiger partial charge >= 0.3 is 0 Å². The van der Waals surface area contributed by atoms with Gasteiger partial charge in [0.1, 0.15) is 24.2 Å². The number of rotatable bonds is 9. The highest BCUT2D eigenvalue weighted by Crippen LogP contribution is 2.30. The minimum Gasteiger partial charge on any atom is -0.497 e. The predicted octanol–water partition coefficient (Wildman–Crippen LogP) is 4.54. The van der Waals surface area contributed by atoms with Crippen LogP contribution < -0.4 is 19.5 Å². The average Bonchev–Trinajstić information content (AvgIpc) is 3.31. The number of carbonyl (C=O) groups is 1. The Hall–Kier alpha value is -4.26. The monoisotopic (exact) mass is 457 g/mol. The lowest BCUT2D eigenvalue weighted by Crippen LogP contribution is -2.31. The van der Waals surface area contributed by atoms with Crippen LogP contribution in [-0.4, -0.2) is 29.7 Å². The van der Waals surface area contributed by atoms with E-state index in [9.17, 15) is 4.79 Å². The largest absolute Gasteiger partial charge is 0.497 e. The van der Waals surface area contributed by atoms with Crippen molar-refractivity contribution in [1.29, 1.82) is 0 Å². The maximum Gasteiger partial charge on any atom is 0.252 e. The van der Waals surface area contributed by atoms with Gasteiger partial charge in [-0.25, -0.2) is 4.98 Å². The van der Waals surface area contributed by atoms with E-state index in [1.54, 1.807) is 38.6 Å². The van der Waals surface area contributed by atoms with E-state index in [0.717, 1.165) is 16.9 Å². The summed E-state index contributed by atoms with van der Waals surface area (Å²) in [6.45, 7) is 0.404. The Bertz CT molecular complexity index is 1240. The van der Waals surface area contributed by atoms with Gasteiger partial charge in [0.05, 0.1) is 14.2 Å². The highest BCUT2D eigenvalue weighted by molar-refractivity contribution is 5.95. The smallest absolute Gasteiger partial charge is 0.252 e. The molecule has 1 amide bonds. The molecule has 0 aliphatic rings. The Balaban J connectivity index is 1.55. The van der Waals surface area contributed by atoms with Crippen LogP contribution in [0.5, 0.6) is 17.2 Å². The van der Waals surface area contributed by atoms with Gasteiger partial charge in [0.25, 0.3) is 5.91 Å². The van der Waals surface area contributed by atoms with E-state index < -0.39 is 6.04 Å². The first kappa shape index (κ1) is 22.9. The number of benzene rings is 3. The van der Waals surface area contributed by atoms with Gasteiger partial charge in [-0.2, -0.15) is 0 Å². The third-order valence-electron chi connectivity index (χ3n) is 5.50. The fourth-order valence-electron chi connectivity index (χ4n) is 3.63. The number of hydrogen-bond acceptors (Lipinski definition) is 5. The van der Waals surface area contributed by atoms with Gasteiger partial charge < -0.3 is 24.1 Å². The average molecular weight is 458 g/mol. The Kier molecular flexibility index (Phi) is 7.13. The maximum atomic E-state index is 13.2. The fraction of sp³-hybridized carbons (Fsp3) is 0.185. The van der Waals surface area contributed by atoms with Crippen molar-refractivity contribution in [2.75, 3.05) is 14.2 Å². The summed E-state index contributed by atoms with van der Waals surface area (Å²) in [7, 11) is 5.07.